The van der Waals surface area contributed by atoms with Crippen LogP contribution in [0.15, 0.2) is 18.6 Å². The molecule has 0 aliphatic carbocycles. The minimum absolute atomic E-state index is 0.216. The van der Waals surface area contributed by atoms with E-state index in [1.54, 1.807) is 24.3 Å². The third kappa shape index (κ3) is 4.17. The quantitative estimate of drug-likeness (QED) is 0.712. The van der Waals surface area contributed by atoms with Gasteiger partial charge in [0.15, 0.2) is 0 Å². The van der Waals surface area contributed by atoms with E-state index in [1.165, 1.54) is 20.0 Å². The number of amides is 1. The number of nitrogens with zero attached hydrogens (tertiary/aromatic N) is 5. The summed E-state index contributed by atoms with van der Waals surface area (Å²) in [6, 6.07) is 1.94. The molecule has 1 aliphatic rings. The highest BCUT2D eigenvalue weighted by Crippen LogP contribution is 2.19. The van der Waals surface area contributed by atoms with Crippen LogP contribution in [0.5, 0.6) is 5.88 Å². The van der Waals surface area contributed by atoms with Crippen molar-refractivity contribution in [3.05, 3.63) is 24.2 Å². The Morgan fingerprint density at radius 2 is 2.08 bits per heavy atom. The van der Waals surface area contributed by atoms with Gasteiger partial charge in [0.25, 0.3) is 5.91 Å². The zero-order valence-corrected chi connectivity index (χ0v) is 14.5. The van der Waals surface area contributed by atoms with Gasteiger partial charge in [-0.25, -0.2) is 9.97 Å². The lowest BCUT2D eigenvalue weighted by atomic mass is 10.3. The van der Waals surface area contributed by atoms with Crippen molar-refractivity contribution in [2.75, 3.05) is 43.5 Å². The van der Waals surface area contributed by atoms with Crippen molar-refractivity contribution in [2.24, 2.45) is 7.05 Å². The Hall–Kier alpha value is -2.84. The summed E-state index contributed by atoms with van der Waals surface area (Å²) in [6.45, 7) is 3.10. The van der Waals surface area contributed by atoms with Gasteiger partial charge in [-0.2, -0.15) is 0 Å². The Morgan fingerprint density at radius 1 is 1.28 bits per heavy atom. The standard InChI is InChI=1S/C16H23N7O2/c1-22-10-12(16(21-22)25-2)15(24)18-6-5-17-13-9-14(20-11-19-13)23-7-3-4-8-23/h9-11H,3-8H2,1-2H3,(H,18,24)(H,17,19,20). The number of nitrogens with one attached hydrogen (secondary N) is 2. The molecule has 2 aromatic rings. The number of rotatable bonds is 7. The maximum atomic E-state index is 12.2. The summed E-state index contributed by atoms with van der Waals surface area (Å²) in [7, 11) is 3.24. The molecule has 1 amide bonds. The maximum Gasteiger partial charge on any atom is 0.258 e. The first-order valence-electron chi connectivity index (χ1n) is 8.34. The molecule has 0 saturated carbocycles. The Kier molecular flexibility index (Phi) is 5.32. The molecule has 2 N–H and O–H groups in total. The highest BCUT2D eigenvalue weighted by atomic mass is 16.5. The molecule has 1 saturated heterocycles. The number of carbonyl (C=O) groups is 1. The van der Waals surface area contributed by atoms with Gasteiger partial charge in [-0.15, -0.1) is 5.10 Å². The second kappa shape index (κ2) is 7.82. The minimum atomic E-state index is -0.216. The highest BCUT2D eigenvalue weighted by molar-refractivity contribution is 5.96. The Balaban J connectivity index is 1.48. The average molecular weight is 345 g/mol. The van der Waals surface area contributed by atoms with Crippen LogP contribution in [0.25, 0.3) is 0 Å². The van der Waals surface area contributed by atoms with Gasteiger partial charge in [0.2, 0.25) is 5.88 Å². The van der Waals surface area contributed by atoms with Gasteiger partial charge >= 0.3 is 0 Å². The largest absolute Gasteiger partial charge is 0.479 e. The van der Waals surface area contributed by atoms with Crippen molar-refractivity contribution in [1.29, 1.82) is 0 Å². The van der Waals surface area contributed by atoms with Crippen molar-refractivity contribution in [3.8, 4) is 5.88 Å². The molecule has 2 aromatic heterocycles. The summed E-state index contributed by atoms with van der Waals surface area (Å²) in [5, 5.41) is 10.1. The van der Waals surface area contributed by atoms with E-state index in [0.717, 1.165) is 24.7 Å². The lowest BCUT2D eigenvalue weighted by Crippen LogP contribution is -2.29. The second-order valence-corrected chi connectivity index (χ2v) is 5.86. The fourth-order valence-corrected chi connectivity index (χ4v) is 2.80. The molecule has 9 nitrogen and oxygen atoms in total. The van der Waals surface area contributed by atoms with E-state index in [1.807, 2.05) is 6.07 Å². The van der Waals surface area contributed by atoms with Crippen LogP contribution in [0.4, 0.5) is 11.6 Å². The first-order valence-corrected chi connectivity index (χ1v) is 8.34. The van der Waals surface area contributed by atoms with Gasteiger partial charge in [-0.05, 0) is 12.8 Å². The number of aryl methyl sites for hydroxylation is 1. The predicted molar refractivity (Wildman–Crippen MR) is 94.1 cm³/mol. The fourth-order valence-electron chi connectivity index (χ4n) is 2.80. The molecule has 0 atom stereocenters. The predicted octanol–water partition coefficient (Wildman–Crippen LogP) is 0.661. The summed E-state index contributed by atoms with van der Waals surface area (Å²) in [4.78, 5) is 23.0. The fraction of sp³-hybridized carbons (Fsp3) is 0.500. The molecule has 25 heavy (non-hydrogen) atoms. The highest BCUT2D eigenvalue weighted by Gasteiger charge is 2.16. The molecule has 0 aromatic carbocycles. The third-order valence-corrected chi connectivity index (χ3v) is 4.03. The van der Waals surface area contributed by atoms with Crippen LogP contribution in [-0.4, -0.2) is 58.9 Å². The molecule has 0 spiro atoms. The summed E-state index contributed by atoms with van der Waals surface area (Å²) >= 11 is 0. The van der Waals surface area contributed by atoms with Crippen molar-refractivity contribution in [1.82, 2.24) is 25.1 Å². The van der Waals surface area contributed by atoms with Crippen LogP contribution in [0.3, 0.4) is 0 Å². The number of hydrogen-bond donors (Lipinski definition) is 2. The minimum Gasteiger partial charge on any atom is -0.479 e. The van der Waals surface area contributed by atoms with Gasteiger partial charge in [0.05, 0.1) is 7.11 Å². The van der Waals surface area contributed by atoms with E-state index in [9.17, 15) is 4.79 Å². The average Bonchev–Trinajstić information content (AvgIpc) is 3.28. The zero-order valence-electron chi connectivity index (χ0n) is 14.5. The van der Waals surface area contributed by atoms with Crippen molar-refractivity contribution >= 4 is 17.5 Å². The van der Waals surface area contributed by atoms with Crippen LogP contribution in [-0.2, 0) is 7.05 Å². The van der Waals surface area contributed by atoms with Crippen LogP contribution in [0.2, 0.25) is 0 Å². The first-order chi connectivity index (χ1) is 12.2. The molecule has 3 rings (SSSR count). The smallest absolute Gasteiger partial charge is 0.258 e. The van der Waals surface area contributed by atoms with Crippen LogP contribution in [0.1, 0.15) is 23.2 Å². The summed E-state index contributed by atoms with van der Waals surface area (Å²) in [6.07, 6.45) is 5.61. The van der Waals surface area contributed by atoms with Gasteiger partial charge in [-0.1, -0.05) is 0 Å². The second-order valence-electron chi connectivity index (χ2n) is 5.86. The molecule has 0 radical (unpaired) electrons. The molecule has 3 heterocycles. The number of hydrogen-bond acceptors (Lipinski definition) is 7. The number of anilines is 2. The summed E-state index contributed by atoms with van der Waals surface area (Å²) in [5.41, 5.74) is 0.420. The molecular formula is C16H23N7O2. The summed E-state index contributed by atoms with van der Waals surface area (Å²) in [5.74, 6) is 1.80. The van der Waals surface area contributed by atoms with Crippen molar-refractivity contribution < 1.29 is 9.53 Å². The molecular weight excluding hydrogens is 322 g/mol. The van der Waals surface area contributed by atoms with Gasteiger partial charge in [0.1, 0.15) is 23.5 Å². The van der Waals surface area contributed by atoms with Gasteiger partial charge in [0, 0.05) is 45.5 Å². The topological polar surface area (TPSA) is 97.2 Å². The van der Waals surface area contributed by atoms with E-state index in [0.29, 0.717) is 24.5 Å². The van der Waals surface area contributed by atoms with Crippen LogP contribution in [0, 0.1) is 0 Å². The van der Waals surface area contributed by atoms with Crippen molar-refractivity contribution in [2.45, 2.75) is 12.8 Å². The molecule has 134 valence electrons. The van der Waals surface area contributed by atoms with E-state index < -0.39 is 0 Å². The molecule has 9 heteroatoms. The molecule has 0 unspecified atom stereocenters. The zero-order chi connectivity index (χ0) is 17.6. The lowest BCUT2D eigenvalue weighted by Gasteiger charge is -2.16. The van der Waals surface area contributed by atoms with E-state index in [2.05, 4.69) is 30.6 Å². The lowest BCUT2D eigenvalue weighted by molar-refractivity contribution is 0.0952. The van der Waals surface area contributed by atoms with E-state index in [-0.39, 0.29) is 5.91 Å². The maximum absolute atomic E-state index is 12.2. The summed E-state index contributed by atoms with van der Waals surface area (Å²) < 4.78 is 6.64. The van der Waals surface area contributed by atoms with Crippen molar-refractivity contribution in [3.63, 3.8) is 0 Å². The third-order valence-electron chi connectivity index (χ3n) is 4.03. The molecule has 1 aliphatic heterocycles. The molecule has 1 fully saturated rings. The van der Waals surface area contributed by atoms with Gasteiger partial charge < -0.3 is 20.3 Å². The molecule has 0 bridgehead atoms. The normalized spacial score (nSPS) is 13.8. The number of carbonyl (C=O) groups excluding carboxylic acids is 1. The first kappa shape index (κ1) is 17.0. The number of ether oxygens (including phenoxy) is 1. The van der Waals surface area contributed by atoms with E-state index in [4.69, 9.17) is 4.74 Å². The van der Waals surface area contributed by atoms with Crippen LogP contribution >= 0.6 is 0 Å². The monoisotopic (exact) mass is 345 g/mol. The van der Waals surface area contributed by atoms with Crippen LogP contribution < -0.4 is 20.3 Å². The Labute approximate surface area is 146 Å². The SMILES string of the molecule is COc1nn(C)cc1C(=O)NCCNc1cc(N2CCCC2)ncn1. The van der Waals surface area contributed by atoms with E-state index >= 15 is 0 Å². The van der Waals surface area contributed by atoms with Gasteiger partial charge in [-0.3, -0.25) is 9.48 Å². The Morgan fingerprint density at radius 3 is 2.84 bits per heavy atom. The number of aromatic nitrogens is 4. The number of methoxy groups -OCH3 is 1. The Bertz CT molecular complexity index is 725.